The zero-order valence-corrected chi connectivity index (χ0v) is 13.6. The summed E-state index contributed by atoms with van der Waals surface area (Å²) in [5.74, 6) is 0.544. The summed E-state index contributed by atoms with van der Waals surface area (Å²) in [4.78, 5) is 15.8. The number of carbonyl (C=O) groups is 1. The Labute approximate surface area is 132 Å². The molecule has 110 valence electrons. The van der Waals surface area contributed by atoms with E-state index in [4.69, 9.17) is 4.74 Å². The van der Waals surface area contributed by atoms with Crippen molar-refractivity contribution >= 4 is 21.8 Å². The molecule has 0 aliphatic heterocycles. The fraction of sp³-hybridized carbons (Fsp3) is 0.250. The van der Waals surface area contributed by atoms with Gasteiger partial charge in [0.15, 0.2) is 6.61 Å². The van der Waals surface area contributed by atoms with Crippen molar-refractivity contribution in [3.8, 4) is 5.75 Å². The molecule has 21 heavy (non-hydrogen) atoms. The average Bonchev–Trinajstić information content (AvgIpc) is 2.45. The van der Waals surface area contributed by atoms with E-state index < -0.39 is 0 Å². The van der Waals surface area contributed by atoms with Crippen molar-refractivity contribution in [1.82, 2.24) is 10.3 Å². The van der Waals surface area contributed by atoms with Crippen molar-refractivity contribution in [2.45, 2.75) is 20.4 Å². The lowest BCUT2D eigenvalue weighted by Gasteiger charge is -2.12. The number of aryl methyl sites for hydroxylation is 2. The van der Waals surface area contributed by atoms with Gasteiger partial charge in [0.1, 0.15) is 5.75 Å². The number of ether oxygens (including phenoxy) is 1. The standard InChI is InChI=1S/C16H17BrN2O2/c1-11-6-12(2)16(14(17)7-11)21-10-15(20)19-9-13-4-3-5-18-8-13/h3-8H,9-10H2,1-2H3,(H,19,20). The van der Waals surface area contributed by atoms with Crippen LogP contribution < -0.4 is 10.1 Å². The fourth-order valence-electron chi connectivity index (χ4n) is 1.98. The van der Waals surface area contributed by atoms with Gasteiger partial charge < -0.3 is 10.1 Å². The van der Waals surface area contributed by atoms with E-state index in [2.05, 4.69) is 26.2 Å². The van der Waals surface area contributed by atoms with Crippen LogP contribution >= 0.6 is 15.9 Å². The second-order valence-electron chi connectivity index (χ2n) is 4.82. The molecule has 0 bridgehead atoms. The Bertz CT molecular complexity index is 606. The molecule has 0 aliphatic carbocycles. The van der Waals surface area contributed by atoms with Crippen LogP contribution in [0.4, 0.5) is 0 Å². The number of amides is 1. The first kappa shape index (κ1) is 15.5. The number of rotatable bonds is 5. The molecule has 1 aromatic carbocycles. The van der Waals surface area contributed by atoms with Gasteiger partial charge in [-0.1, -0.05) is 12.1 Å². The Kier molecular flexibility index (Phi) is 5.33. The van der Waals surface area contributed by atoms with Gasteiger partial charge in [0, 0.05) is 18.9 Å². The summed E-state index contributed by atoms with van der Waals surface area (Å²) in [7, 11) is 0. The van der Waals surface area contributed by atoms with E-state index in [0.29, 0.717) is 12.3 Å². The molecule has 0 atom stereocenters. The molecule has 2 rings (SSSR count). The molecule has 0 radical (unpaired) electrons. The molecular weight excluding hydrogens is 332 g/mol. The summed E-state index contributed by atoms with van der Waals surface area (Å²) in [5.41, 5.74) is 3.10. The molecule has 2 aromatic rings. The highest BCUT2D eigenvalue weighted by Crippen LogP contribution is 2.30. The fourth-order valence-corrected chi connectivity index (χ4v) is 2.77. The third kappa shape index (κ3) is 4.56. The lowest BCUT2D eigenvalue weighted by Crippen LogP contribution is -2.28. The van der Waals surface area contributed by atoms with Gasteiger partial charge >= 0.3 is 0 Å². The van der Waals surface area contributed by atoms with Crippen molar-refractivity contribution in [1.29, 1.82) is 0 Å². The van der Waals surface area contributed by atoms with Crippen molar-refractivity contribution in [2.24, 2.45) is 0 Å². The minimum atomic E-state index is -0.161. The zero-order chi connectivity index (χ0) is 15.2. The number of aromatic nitrogens is 1. The second kappa shape index (κ2) is 7.22. The van der Waals surface area contributed by atoms with Crippen LogP contribution in [-0.2, 0) is 11.3 Å². The highest BCUT2D eigenvalue weighted by molar-refractivity contribution is 9.10. The van der Waals surface area contributed by atoms with Crippen molar-refractivity contribution in [3.63, 3.8) is 0 Å². The van der Waals surface area contributed by atoms with Crippen LogP contribution in [0.2, 0.25) is 0 Å². The van der Waals surface area contributed by atoms with Gasteiger partial charge in [-0.05, 0) is 58.6 Å². The number of nitrogens with one attached hydrogen (secondary N) is 1. The number of hydrogen-bond donors (Lipinski definition) is 1. The molecule has 1 heterocycles. The van der Waals surface area contributed by atoms with Crippen LogP contribution in [0.5, 0.6) is 5.75 Å². The first-order chi connectivity index (χ1) is 10.1. The monoisotopic (exact) mass is 348 g/mol. The van der Waals surface area contributed by atoms with Crippen LogP contribution in [0.15, 0.2) is 41.1 Å². The highest BCUT2D eigenvalue weighted by Gasteiger charge is 2.09. The van der Waals surface area contributed by atoms with Crippen molar-refractivity contribution < 1.29 is 9.53 Å². The van der Waals surface area contributed by atoms with Gasteiger partial charge in [-0.3, -0.25) is 9.78 Å². The molecule has 1 amide bonds. The molecule has 1 N–H and O–H groups in total. The molecule has 0 aliphatic rings. The van der Waals surface area contributed by atoms with Crippen LogP contribution in [0.25, 0.3) is 0 Å². The smallest absolute Gasteiger partial charge is 0.258 e. The summed E-state index contributed by atoms with van der Waals surface area (Å²) in [6, 6.07) is 7.74. The SMILES string of the molecule is Cc1cc(C)c(OCC(=O)NCc2cccnc2)c(Br)c1. The van der Waals surface area contributed by atoms with Crippen LogP contribution in [0, 0.1) is 13.8 Å². The minimum Gasteiger partial charge on any atom is -0.482 e. The summed E-state index contributed by atoms with van der Waals surface area (Å²) in [6.07, 6.45) is 3.42. The lowest BCUT2D eigenvalue weighted by molar-refractivity contribution is -0.123. The number of halogens is 1. The summed E-state index contributed by atoms with van der Waals surface area (Å²) in [5, 5.41) is 2.80. The highest BCUT2D eigenvalue weighted by atomic mass is 79.9. The Morgan fingerprint density at radius 3 is 2.86 bits per heavy atom. The third-order valence-corrected chi connectivity index (χ3v) is 3.52. The van der Waals surface area contributed by atoms with Crippen molar-refractivity contribution in [3.05, 3.63) is 57.8 Å². The molecule has 5 heteroatoms. The van der Waals surface area contributed by atoms with E-state index in [1.807, 2.05) is 38.1 Å². The van der Waals surface area contributed by atoms with Gasteiger partial charge in [-0.25, -0.2) is 0 Å². The third-order valence-electron chi connectivity index (χ3n) is 2.93. The summed E-state index contributed by atoms with van der Waals surface area (Å²) >= 11 is 3.46. The van der Waals surface area contributed by atoms with Gasteiger partial charge in [-0.2, -0.15) is 0 Å². The normalized spacial score (nSPS) is 10.2. The second-order valence-corrected chi connectivity index (χ2v) is 5.67. The number of benzene rings is 1. The molecule has 0 spiro atoms. The van der Waals surface area contributed by atoms with E-state index in [0.717, 1.165) is 21.2 Å². The molecule has 0 saturated carbocycles. The maximum atomic E-state index is 11.8. The molecular formula is C16H17BrN2O2. The molecule has 4 nitrogen and oxygen atoms in total. The molecule has 0 unspecified atom stereocenters. The number of hydrogen-bond acceptors (Lipinski definition) is 3. The zero-order valence-electron chi connectivity index (χ0n) is 12.0. The topological polar surface area (TPSA) is 51.2 Å². The van der Waals surface area contributed by atoms with E-state index >= 15 is 0 Å². The average molecular weight is 349 g/mol. The first-order valence-electron chi connectivity index (χ1n) is 6.61. The van der Waals surface area contributed by atoms with Crippen LogP contribution in [0.3, 0.4) is 0 Å². The number of pyridine rings is 1. The Hall–Kier alpha value is -1.88. The van der Waals surface area contributed by atoms with Crippen LogP contribution in [-0.4, -0.2) is 17.5 Å². The maximum absolute atomic E-state index is 11.8. The number of carbonyl (C=O) groups excluding carboxylic acids is 1. The van der Waals surface area contributed by atoms with Gasteiger partial charge in [0.05, 0.1) is 4.47 Å². The summed E-state index contributed by atoms with van der Waals surface area (Å²) in [6.45, 7) is 4.41. The largest absolute Gasteiger partial charge is 0.482 e. The van der Waals surface area contributed by atoms with Crippen molar-refractivity contribution in [2.75, 3.05) is 6.61 Å². The van der Waals surface area contributed by atoms with Gasteiger partial charge in [0.2, 0.25) is 0 Å². The Balaban J connectivity index is 1.87. The predicted molar refractivity (Wildman–Crippen MR) is 85.2 cm³/mol. The first-order valence-corrected chi connectivity index (χ1v) is 7.40. The van der Waals surface area contributed by atoms with Gasteiger partial charge in [-0.15, -0.1) is 0 Å². The van der Waals surface area contributed by atoms with E-state index in [-0.39, 0.29) is 12.5 Å². The predicted octanol–water partition coefficient (Wildman–Crippen LogP) is 3.16. The lowest BCUT2D eigenvalue weighted by atomic mass is 10.1. The minimum absolute atomic E-state index is 0.0111. The van der Waals surface area contributed by atoms with E-state index in [1.54, 1.807) is 12.4 Å². The maximum Gasteiger partial charge on any atom is 0.258 e. The van der Waals surface area contributed by atoms with Crippen LogP contribution in [0.1, 0.15) is 16.7 Å². The van der Waals surface area contributed by atoms with Gasteiger partial charge in [0.25, 0.3) is 5.91 Å². The Morgan fingerprint density at radius 1 is 1.38 bits per heavy atom. The number of nitrogens with zero attached hydrogens (tertiary/aromatic N) is 1. The quantitative estimate of drug-likeness (QED) is 0.902. The van der Waals surface area contributed by atoms with E-state index in [1.165, 1.54) is 0 Å². The Morgan fingerprint density at radius 2 is 2.19 bits per heavy atom. The molecule has 0 fully saturated rings. The summed E-state index contributed by atoms with van der Waals surface area (Å²) < 4.78 is 6.46. The van der Waals surface area contributed by atoms with E-state index in [9.17, 15) is 4.79 Å². The molecule has 1 aromatic heterocycles. The molecule has 0 saturated heterocycles.